The zero-order valence-corrected chi connectivity index (χ0v) is 13.7. The van der Waals surface area contributed by atoms with Gasteiger partial charge in [-0.1, -0.05) is 42.4 Å². The quantitative estimate of drug-likeness (QED) is 0.675. The zero-order chi connectivity index (χ0) is 15.0. The number of fused-ring (bicyclic) bond motifs is 2. The molecule has 1 aliphatic heterocycles. The average Bonchev–Trinajstić information content (AvgIpc) is 2.51. The van der Waals surface area contributed by atoms with E-state index in [1.807, 2.05) is 49.4 Å². The third-order valence-corrected chi connectivity index (χ3v) is 5.20. The molecule has 1 amide bonds. The molecule has 3 rings (SSSR count). The lowest BCUT2D eigenvalue weighted by atomic mass is 10.2. The summed E-state index contributed by atoms with van der Waals surface area (Å²) < 4.78 is 0. The molecule has 21 heavy (non-hydrogen) atoms. The molecule has 1 heterocycles. The highest BCUT2D eigenvalue weighted by molar-refractivity contribution is 7.99. The van der Waals surface area contributed by atoms with E-state index in [-0.39, 0.29) is 5.91 Å². The van der Waals surface area contributed by atoms with Gasteiger partial charge in [0.05, 0.1) is 11.4 Å². The Balaban J connectivity index is 2.17. The summed E-state index contributed by atoms with van der Waals surface area (Å²) >= 11 is 13.9. The second-order valence-corrected chi connectivity index (χ2v) is 6.78. The van der Waals surface area contributed by atoms with E-state index in [0.717, 1.165) is 21.2 Å². The van der Waals surface area contributed by atoms with E-state index < -0.39 is 5.38 Å². The van der Waals surface area contributed by atoms with Gasteiger partial charge in [-0.15, -0.1) is 11.6 Å². The molecular weight excluding hydrogens is 325 g/mol. The molecule has 0 radical (unpaired) electrons. The summed E-state index contributed by atoms with van der Waals surface area (Å²) in [6.45, 7) is 1.90. The van der Waals surface area contributed by atoms with Gasteiger partial charge in [0.25, 0.3) is 0 Å². The number of hydrogen-bond acceptors (Lipinski definition) is 2. The SMILES string of the molecule is CCC(Cl)C(=O)N1c2ccccc2Sc2ccc(Cl)cc21. The van der Waals surface area contributed by atoms with Gasteiger partial charge in [-0.3, -0.25) is 9.69 Å². The number of carbonyl (C=O) groups is 1. The molecule has 2 aromatic carbocycles. The average molecular weight is 338 g/mol. The molecule has 0 bridgehead atoms. The fourth-order valence-electron chi connectivity index (χ4n) is 2.28. The summed E-state index contributed by atoms with van der Waals surface area (Å²) in [5.41, 5.74) is 1.66. The molecule has 2 aromatic rings. The number of amides is 1. The van der Waals surface area contributed by atoms with E-state index in [2.05, 4.69) is 0 Å². The van der Waals surface area contributed by atoms with Crippen LogP contribution in [0.5, 0.6) is 0 Å². The standard InChI is InChI=1S/C16H13Cl2NOS/c1-2-11(18)16(20)19-12-5-3-4-6-14(12)21-15-8-7-10(17)9-13(15)19/h3-9,11H,2H2,1H3. The number of para-hydroxylation sites is 1. The first kappa shape index (κ1) is 14.8. The molecule has 0 spiro atoms. The van der Waals surface area contributed by atoms with Crippen LogP contribution in [0.4, 0.5) is 11.4 Å². The van der Waals surface area contributed by atoms with Gasteiger partial charge in [-0.05, 0) is 36.8 Å². The number of anilines is 2. The van der Waals surface area contributed by atoms with E-state index >= 15 is 0 Å². The first-order valence-electron chi connectivity index (χ1n) is 6.66. The molecule has 0 N–H and O–H groups in total. The Kier molecular flexibility index (Phi) is 4.16. The number of halogens is 2. The van der Waals surface area contributed by atoms with Crippen LogP contribution < -0.4 is 4.90 Å². The van der Waals surface area contributed by atoms with E-state index in [4.69, 9.17) is 23.2 Å². The van der Waals surface area contributed by atoms with Crippen LogP contribution in [-0.4, -0.2) is 11.3 Å². The summed E-state index contributed by atoms with van der Waals surface area (Å²) in [7, 11) is 0. The second-order valence-electron chi connectivity index (χ2n) is 4.73. The third-order valence-electron chi connectivity index (χ3n) is 3.33. The maximum atomic E-state index is 12.7. The lowest BCUT2D eigenvalue weighted by Crippen LogP contribution is -2.34. The van der Waals surface area contributed by atoms with Crippen LogP contribution in [0.25, 0.3) is 0 Å². The molecule has 0 aromatic heterocycles. The summed E-state index contributed by atoms with van der Waals surface area (Å²) in [6.07, 6.45) is 0.585. The minimum Gasteiger partial charge on any atom is -0.277 e. The van der Waals surface area contributed by atoms with Crippen LogP contribution in [0.3, 0.4) is 0 Å². The van der Waals surface area contributed by atoms with Crippen LogP contribution >= 0.6 is 35.0 Å². The fraction of sp³-hybridized carbons (Fsp3) is 0.188. The Labute approximate surface area is 138 Å². The molecule has 2 nitrogen and oxygen atoms in total. The molecule has 1 unspecified atom stereocenters. The largest absolute Gasteiger partial charge is 0.277 e. The van der Waals surface area contributed by atoms with Crippen LogP contribution in [0.15, 0.2) is 52.3 Å². The van der Waals surface area contributed by atoms with Crippen molar-refractivity contribution in [1.82, 2.24) is 0 Å². The van der Waals surface area contributed by atoms with Crippen molar-refractivity contribution in [3.63, 3.8) is 0 Å². The molecule has 0 aliphatic carbocycles. The summed E-state index contributed by atoms with van der Waals surface area (Å²) in [6, 6.07) is 13.4. The highest BCUT2D eigenvalue weighted by atomic mass is 35.5. The topological polar surface area (TPSA) is 20.3 Å². The Morgan fingerprint density at radius 3 is 2.67 bits per heavy atom. The highest BCUT2D eigenvalue weighted by Crippen LogP contribution is 2.49. The number of nitrogens with zero attached hydrogens (tertiary/aromatic N) is 1. The number of hydrogen-bond donors (Lipinski definition) is 0. The van der Waals surface area contributed by atoms with Crippen LogP contribution in [0.2, 0.25) is 5.02 Å². The Morgan fingerprint density at radius 2 is 1.90 bits per heavy atom. The van der Waals surface area contributed by atoms with Gasteiger partial charge in [-0.2, -0.15) is 0 Å². The van der Waals surface area contributed by atoms with Gasteiger partial charge in [0.2, 0.25) is 5.91 Å². The molecule has 5 heteroatoms. The summed E-state index contributed by atoms with van der Waals surface area (Å²) in [4.78, 5) is 16.4. The van der Waals surface area contributed by atoms with Gasteiger partial charge in [0.15, 0.2) is 0 Å². The number of benzene rings is 2. The van der Waals surface area contributed by atoms with E-state index in [1.54, 1.807) is 16.7 Å². The molecule has 1 atom stereocenters. The minimum atomic E-state index is -0.548. The van der Waals surface area contributed by atoms with Crippen LogP contribution in [-0.2, 0) is 4.79 Å². The van der Waals surface area contributed by atoms with Crippen molar-refractivity contribution in [2.24, 2.45) is 0 Å². The maximum absolute atomic E-state index is 12.7. The number of alkyl halides is 1. The third kappa shape index (κ3) is 2.66. The predicted molar refractivity (Wildman–Crippen MR) is 89.1 cm³/mol. The van der Waals surface area contributed by atoms with Gasteiger partial charge in [0.1, 0.15) is 5.38 Å². The van der Waals surface area contributed by atoms with E-state index in [0.29, 0.717) is 11.4 Å². The smallest absolute Gasteiger partial charge is 0.249 e. The normalized spacial score (nSPS) is 14.3. The van der Waals surface area contributed by atoms with Crippen molar-refractivity contribution in [2.75, 3.05) is 4.90 Å². The van der Waals surface area contributed by atoms with Crippen molar-refractivity contribution in [3.8, 4) is 0 Å². The van der Waals surface area contributed by atoms with Gasteiger partial charge < -0.3 is 0 Å². The second kappa shape index (κ2) is 5.91. The number of rotatable bonds is 2. The van der Waals surface area contributed by atoms with E-state index in [9.17, 15) is 4.79 Å². The predicted octanol–water partition coefficient (Wildman–Crippen LogP) is 5.49. The Morgan fingerprint density at radius 1 is 1.19 bits per heavy atom. The molecule has 0 fully saturated rings. The van der Waals surface area contributed by atoms with Gasteiger partial charge >= 0.3 is 0 Å². The van der Waals surface area contributed by atoms with Crippen molar-refractivity contribution in [1.29, 1.82) is 0 Å². The zero-order valence-electron chi connectivity index (χ0n) is 11.3. The lowest BCUT2D eigenvalue weighted by Gasteiger charge is -2.32. The van der Waals surface area contributed by atoms with Gasteiger partial charge in [-0.25, -0.2) is 0 Å². The summed E-state index contributed by atoms with van der Waals surface area (Å²) in [5, 5.41) is 0.0575. The van der Waals surface area contributed by atoms with Crippen molar-refractivity contribution in [3.05, 3.63) is 47.5 Å². The molecule has 1 aliphatic rings. The van der Waals surface area contributed by atoms with Crippen LogP contribution in [0, 0.1) is 0 Å². The maximum Gasteiger partial charge on any atom is 0.249 e. The number of carbonyl (C=O) groups excluding carboxylic acids is 1. The van der Waals surface area contributed by atoms with Crippen LogP contribution in [0.1, 0.15) is 13.3 Å². The Hall–Kier alpha value is -1.16. The lowest BCUT2D eigenvalue weighted by molar-refractivity contribution is -0.117. The first-order chi connectivity index (χ1) is 10.1. The fourth-order valence-corrected chi connectivity index (χ4v) is 3.58. The molecule has 0 saturated carbocycles. The van der Waals surface area contributed by atoms with Crippen molar-refractivity contribution in [2.45, 2.75) is 28.5 Å². The van der Waals surface area contributed by atoms with E-state index in [1.165, 1.54) is 0 Å². The molecular formula is C16H13Cl2NOS. The first-order valence-corrected chi connectivity index (χ1v) is 8.29. The monoisotopic (exact) mass is 337 g/mol. The molecule has 0 saturated heterocycles. The Bertz CT molecular complexity index is 704. The van der Waals surface area contributed by atoms with Crippen molar-refractivity contribution >= 4 is 52.2 Å². The van der Waals surface area contributed by atoms with Gasteiger partial charge in [0, 0.05) is 14.8 Å². The minimum absolute atomic E-state index is 0.115. The summed E-state index contributed by atoms with van der Waals surface area (Å²) in [5.74, 6) is -0.115. The highest BCUT2D eigenvalue weighted by Gasteiger charge is 2.31. The van der Waals surface area contributed by atoms with Crippen molar-refractivity contribution < 1.29 is 4.79 Å². The molecule has 108 valence electrons.